The Morgan fingerprint density at radius 2 is 1.68 bits per heavy atom. The van der Waals surface area contributed by atoms with Crippen molar-refractivity contribution in [2.24, 2.45) is 7.05 Å². The molecular formula is C25H26ClN9O5S. The van der Waals surface area contributed by atoms with Gasteiger partial charge in [0.25, 0.3) is 0 Å². The third kappa shape index (κ3) is 5.30. The summed E-state index contributed by atoms with van der Waals surface area (Å²) >= 11 is 5.91. The fourth-order valence-corrected chi connectivity index (χ4v) is 6.00. The molecule has 4 aromatic heterocycles. The van der Waals surface area contributed by atoms with Gasteiger partial charge in [0.15, 0.2) is 33.0 Å². The molecular weight excluding hydrogens is 574 g/mol. The minimum atomic E-state index is -3.96. The van der Waals surface area contributed by atoms with Gasteiger partial charge in [-0.25, -0.2) is 18.4 Å². The number of methoxy groups -OCH3 is 3. The monoisotopic (exact) mass is 599 g/mol. The maximum absolute atomic E-state index is 13.8. The van der Waals surface area contributed by atoms with E-state index in [1.54, 1.807) is 4.68 Å². The zero-order chi connectivity index (χ0) is 29.3. The van der Waals surface area contributed by atoms with Crippen LogP contribution < -0.4 is 9.47 Å². The zero-order valence-corrected chi connectivity index (χ0v) is 24.3. The average Bonchev–Trinajstić information content (AvgIpc) is 3.55. The topological polar surface area (TPSA) is 162 Å². The van der Waals surface area contributed by atoms with Crippen molar-refractivity contribution in [2.45, 2.75) is 24.0 Å². The Bertz CT molecular complexity index is 1790. The first kappa shape index (κ1) is 28.3. The molecule has 2 atom stereocenters. The van der Waals surface area contributed by atoms with Crippen LogP contribution in [0.15, 0.2) is 43.1 Å². The molecule has 0 saturated heterocycles. The van der Waals surface area contributed by atoms with E-state index in [1.165, 1.54) is 51.5 Å². The molecule has 0 unspecified atom stereocenters. The predicted octanol–water partition coefficient (Wildman–Crippen LogP) is 2.76. The number of halogens is 1. The number of ether oxygens (including phenoxy) is 3. The van der Waals surface area contributed by atoms with Gasteiger partial charge in [-0.15, -0.1) is 10.2 Å². The molecule has 0 amide bonds. The number of aromatic nitrogens is 9. The molecule has 41 heavy (non-hydrogen) atoms. The Morgan fingerprint density at radius 1 is 1.00 bits per heavy atom. The molecule has 1 aromatic carbocycles. The summed E-state index contributed by atoms with van der Waals surface area (Å²) in [6.07, 6.45) is 4.93. The molecule has 0 aliphatic heterocycles. The summed E-state index contributed by atoms with van der Waals surface area (Å²) in [4.78, 5) is 16.7. The van der Waals surface area contributed by atoms with Crippen LogP contribution in [-0.4, -0.2) is 79.5 Å². The molecule has 0 fully saturated rings. The van der Waals surface area contributed by atoms with Crippen molar-refractivity contribution in [3.05, 3.63) is 59.8 Å². The highest BCUT2D eigenvalue weighted by molar-refractivity contribution is 7.91. The van der Waals surface area contributed by atoms with Crippen LogP contribution in [0.3, 0.4) is 0 Å². The van der Waals surface area contributed by atoms with Crippen LogP contribution in [-0.2, 0) is 27.4 Å². The highest BCUT2D eigenvalue weighted by Gasteiger charge is 2.36. The number of nitrogens with zero attached hydrogens (tertiary/aromatic N) is 9. The first-order valence-electron chi connectivity index (χ1n) is 12.2. The number of benzene rings is 1. The van der Waals surface area contributed by atoms with Crippen molar-refractivity contribution in [2.75, 3.05) is 21.3 Å². The highest BCUT2D eigenvalue weighted by Crippen LogP contribution is 2.36. The Kier molecular flexibility index (Phi) is 7.84. The van der Waals surface area contributed by atoms with Gasteiger partial charge in [-0.2, -0.15) is 15.1 Å². The maximum atomic E-state index is 13.8. The number of hydrogen-bond acceptors (Lipinski definition) is 12. The molecule has 0 spiro atoms. The van der Waals surface area contributed by atoms with E-state index >= 15 is 0 Å². The lowest BCUT2D eigenvalue weighted by molar-refractivity contribution is 0.0948. The molecule has 0 bridgehead atoms. The Labute approximate surface area is 240 Å². The second kappa shape index (κ2) is 11.3. The van der Waals surface area contributed by atoms with Gasteiger partial charge < -0.3 is 14.2 Å². The number of aryl methyl sites for hydroxylation is 1. The fourth-order valence-electron chi connectivity index (χ4n) is 4.48. The molecule has 16 heteroatoms. The van der Waals surface area contributed by atoms with Crippen molar-refractivity contribution in [1.29, 1.82) is 0 Å². The van der Waals surface area contributed by atoms with Gasteiger partial charge in [0.05, 0.1) is 24.5 Å². The lowest BCUT2D eigenvalue weighted by atomic mass is 10.1. The van der Waals surface area contributed by atoms with Crippen LogP contribution >= 0.6 is 11.6 Å². The largest absolute Gasteiger partial charge is 0.479 e. The quantitative estimate of drug-likeness (QED) is 0.231. The summed E-state index contributed by atoms with van der Waals surface area (Å²) in [5, 5.41) is 13.4. The van der Waals surface area contributed by atoms with E-state index in [9.17, 15) is 8.42 Å². The SMILES string of the molecule is COc1ncnc(OC)c1-n1c(CS(=O)(=O)[C@@H](C)[C@H](OC)c2ncc(Cl)cn2)nnc1-c1cccc2cn(C)nc12. The van der Waals surface area contributed by atoms with Crippen LogP contribution in [0.1, 0.15) is 24.7 Å². The second-order valence-corrected chi connectivity index (χ2v) is 11.8. The number of rotatable bonds is 10. The van der Waals surface area contributed by atoms with E-state index in [2.05, 4.69) is 35.2 Å². The molecule has 5 aromatic rings. The van der Waals surface area contributed by atoms with Crippen LogP contribution in [0.5, 0.6) is 11.8 Å². The summed E-state index contributed by atoms with van der Waals surface area (Å²) in [5.74, 6) is 0.260. The maximum Gasteiger partial charge on any atom is 0.245 e. The fraction of sp³-hybridized carbons (Fsp3) is 0.320. The molecule has 4 heterocycles. The third-order valence-electron chi connectivity index (χ3n) is 6.46. The normalized spacial score (nSPS) is 13.3. The van der Waals surface area contributed by atoms with Crippen molar-refractivity contribution in [3.8, 4) is 28.8 Å². The summed E-state index contributed by atoms with van der Waals surface area (Å²) in [6.45, 7) is 1.52. The van der Waals surface area contributed by atoms with Gasteiger partial charge >= 0.3 is 0 Å². The number of fused-ring (bicyclic) bond motifs is 1. The molecule has 214 valence electrons. The van der Waals surface area contributed by atoms with Crippen LogP contribution in [0, 0.1) is 0 Å². The van der Waals surface area contributed by atoms with E-state index in [1.807, 2.05) is 31.4 Å². The van der Waals surface area contributed by atoms with Gasteiger partial charge in [-0.1, -0.05) is 23.7 Å². The number of hydrogen-bond donors (Lipinski definition) is 0. The van der Waals surface area contributed by atoms with Gasteiger partial charge in [-0.3, -0.25) is 9.25 Å². The Hall–Kier alpha value is -4.21. The summed E-state index contributed by atoms with van der Waals surface area (Å²) in [5.41, 5.74) is 1.47. The Morgan fingerprint density at radius 3 is 2.32 bits per heavy atom. The summed E-state index contributed by atoms with van der Waals surface area (Å²) < 4.78 is 47.4. The molecule has 0 saturated carbocycles. The summed E-state index contributed by atoms with van der Waals surface area (Å²) in [6, 6.07) is 5.58. The lowest BCUT2D eigenvalue weighted by Crippen LogP contribution is -2.30. The van der Waals surface area contributed by atoms with Gasteiger partial charge in [0.2, 0.25) is 11.8 Å². The predicted molar refractivity (Wildman–Crippen MR) is 149 cm³/mol. The second-order valence-electron chi connectivity index (χ2n) is 8.99. The van der Waals surface area contributed by atoms with Crippen LogP contribution in [0.2, 0.25) is 5.02 Å². The minimum Gasteiger partial charge on any atom is -0.479 e. The van der Waals surface area contributed by atoms with E-state index in [-0.39, 0.29) is 29.1 Å². The third-order valence-corrected chi connectivity index (χ3v) is 8.69. The average molecular weight is 600 g/mol. The first-order valence-corrected chi connectivity index (χ1v) is 14.3. The van der Waals surface area contributed by atoms with Gasteiger partial charge in [-0.05, 0) is 13.0 Å². The molecule has 5 rings (SSSR count). The zero-order valence-electron chi connectivity index (χ0n) is 22.8. The van der Waals surface area contributed by atoms with E-state index in [0.29, 0.717) is 21.9 Å². The standard InChI is InChI=1S/C25H26ClN9O5S/c1-14(21(38-3)22-27-9-16(26)10-28-22)41(36,37)12-18-31-32-23(17-8-6-7-15-11-34(2)33-19(15)17)35(18)20-24(39-4)29-13-30-25(20)40-5/h6-11,13-14,21H,12H2,1-5H3/t14-,21-/m0/s1. The molecule has 0 aliphatic carbocycles. The van der Waals surface area contributed by atoms with E-state index in [0.717, 1.165) is 5.39 Å². The molecule has 14 nitrogen and oxygen atoms in total. The Balaban J connectivity index is 1.67. The molecule has 0 aliphatic rings. The smallest absolute Gasteiger partial charge is 0.245 e. The lowest BCUT2D eigenvalue weighted by Gasteiger charge is -2.22. The van der Waals surface area contributed by atoms with Gasteiger partial charge in [0.1, 0.15) is 23.7 Å². The molecule has 0 radical (unpaired) electrons. The van der Waals surface area contributed by atoms with Crippen molar-refractivity contribution in [3.63, 3.8) is 0 Å². The van der Waals surface area contributed by atoms with E-state index in [4.69, 9.17) is 25.8 Å². The van der Waals surface area contributed by atoms with Crippen LogP contribution in [0.4, 0.5) is 0 Å². The van der Waals surface area contributed by atoms with Crippen molar-refractivity contribution >= 4 is 32.3 Å². The minimum absolute atomic E-state index is 0.0676. The highest BCUT2D eigenvalue weighted by atomic mass is 35.5. The van der Waals surface area contributed by atoms with Gasteiger partial charge in [0, 0.05) is 43.7 Å². The van der Waals surface area contributed by atoms with Crippen LogP contribution in [0.25, 0.3) is 28.0 Å². The molecule has 0 N–H and O–H groups in total. The van der Waals surface area contributed by atoms with E-state index < -0.39 is 26.9 Å². The van der Waals surface area contributed by atoms with Crippen molar-refractivity contribution in [1.82, 2.24) is 44.5 Å². The first-order chi connectivity index (χ1) is 19.7. The summed E-state index contributed by atoms with van der Waals surface area (Å²) in [7, 11) is 2.10. The number of sulfone groups is 1. The van der Waals surface area contributed by atoms with Crippen molar-refractivity contribution < 1.29 is 22.6 Å².